The number of hydrogen-bond donors (Lipinski definition) is 1. The summed E-state index contributed by atoms with van der Waals surface area (Å²) < 4.78 is 20.9. The lowest BCUT2D eigenvalue weighted by atomic mass is 9.96. The Kier molecular flexibility index (Phi) is 7.99. The highest BCUT2D eigenvalue weighted by atomic mass is 19.1. The molecule has 0 saturated heterocycles. The lowest BCUT2D eigenvalue weighted by Gasteiger charge is -2.23. The number of aryl methyl sites for hydroxylation is 1. The fourth-order valence-corrected chi connectivity index (χ4v) is 4.22. The molecule has 0 aliphatic carbocycles. The molecule has 1 amide bonds. The van der Waals surface area contributed by atoms with Gasteiger partial charge in [0.2, 0.25) is 0 Å². The Bertz CT molecular complexity index is 1060. The Morgan fingerprint density at radius 3 is 2.62 bits per heavy atom. The number of benzene rings is 1. The van der Waals surface area contributed by atoms with Gasteiger partial charge >= 0.3 is 0 Å². The molecule has 0 radical (unpaired) electrons. The largest absolute Gasteiger partial charge is 0.381 e. The van der Waals surface area contributed by atoms with Gasteiger partial charge in [-0.1, -0.05) is 32.9 Å². The normalized spacial score (nSPS) is 14.2. The van der Waals surface area contributed by atoms with Crippen LogP contribution >= 0.6 is 0 Å². The van der Waals surface area contributed by atoms with E-state index in [1.165, 1.54) is 12.1 Å². The van der Waals surface area contributed by atoms with E-state index in [4.69, 9.17) is 4.74 Å². The lowest BCUT2D eigenvalue weighted by molar-refractivity contribution is -0.0606. The van der Waals surface area contributed by atoms with Crippen molar-refractivity contribution >= 4 is 16.8 Å². The van der Waals surface area contributed by atoms with Crippen molar-refractivity contribution in [2.75, 3.05) is 13.7 Å². The summed E-state index contributed by atoms with van der Waals surface area (Å²) in [5, 5.41) is 11.6. The van der Waals surface area contributed by atoms with Gasteiger partial charge < -0.3 is 9.30 Å². The third-order valence-electron chi connectivity index (χ3n) is 5.90. The zero-order valence-corrected chi connectivity index (χ0v) is 19.3. The van der Waals surface area contributed by atoms with Crippen LogP contribution in [0.25, 0.3) is 10.9 Å². The number of fused-ring (bicyclic) bond motifs is 3. The molecule has 2 aromatic heterocycles. The zero-order chi connectivity index (χ0) is 23.3. The average Bonchev–Trinajstić information content (AvgIpc) is 3.17. The number of carbonyl (C=O) groups is 1. The van der Waals surface area contributed by atoms with E-state index >= 15 is 0 Å². The van der Waals surface area contributed by atoms with Crippen LogP contribution < -0.4 is 0 Å². The van der Waals surface area contributed by atoms with Gasteiger partial charge in [0.15, 0.2) is 0 Å². The van der Waals surface area contributed by atoms with Gasteiger partial charge in [-0.05, 0) is 54.5 Å². The third-order valence-corrected chi connectivity index (χ3v) is 5.90. The van der Waals surface area contributed by atoms with Crippen LogP contribution in [0.3, 0.4) is 0 Å². The van der Waals surface area contributed by atoms with Gasteiger partial charge in [-0.3, -0.25) is 10.0 Å². The summed E-state index contributed by atoms with van der Waals surface area (Å²) in [7, 11) is 1.73. The van der Waals surface area contributed by atoms with Crippen molar-refractivity contribution < 1.29 is 19.1 Å². The van der Waals surface area contributed by atoms with Gasteiger partial charge in [0.25, 0.3) is 5.91 Å². The molecule has 0 spiro atoms. The first-order valence-electron chi connectivity index (χ1n) is 11.3. The molecule has 172 valence electrons. The highest BCUT2D eigenvalue weighted by Gasteiger charge is 2.28. The van der Waals surface area contributed by atoms with Gasteiger partial charge in [0, 0.05) is 25.2 Å². The van der Waals surface area contributed by atoms with Crippen molar-refractivity contribution in [1.82, 2.24) is 14.6 Å². The summed E-state index contributed by atoms with van der Waals surface area (Å²) in [6.45, 7) is 6.94. The molecular formula is C25H32FN3O3. The van der Waals surface area contributed by atoms with Crippen molar-refractivity contribution in [3.63, 3.8) is 0 Å². The smallest absolute Gasteiger partial charge is 0.296 e. The molecule has 3 aromatic rings. The van der Waals surface area contributed by atoms with Gasteiger partial charge in [0.05, 0.1) is 24.4 Å². The Morgan fingerprint density at radius 2 is 1.97 bits per heavy atom. The molecule has 7 heteroatoms. The second-order valence-electron chi connectivity index (χ2n) is 7.74. The number of amides is 1. The van der Waals surface area contributed by atoms with E-state index in [-0.39, 0.29) is 18.5 Å². The molecule has 0 fully saturated rings. The van der Waals surface area contributed by atoms with Crippen molar-refractivity contribution in [2.45, 2.75) is 59.1 Å². The summed E-state index contributed by atoms with van der Waals surface area (Å²) in [5.74, 6) is -0.719. The summed E-state index contributed by atoms with van der Waals surface area (Å²) >= 11 is 0. The first-order valence-corrected chi connectivity index (χ1v) is 11.3. The third kappa shape index (κ3) is 4.84. The minimum absolute atomic E-state index is 0.174. The van der Waals surface area contributed by atoms with Gasteiger partial charge in [0.1, 0.15) is 11.5 Å². The van der Waals surface area contributed by atoms with Gasteiger partial charge in [-0.15, -0.1) is 0 Å². The van der Waals surface area contributed by atoms with Crippen LogP contribution in [0, 0.1) is 5.82 Å². The highest BCUT2D eigenvalue weighted by Crippen LogP contribution is 2.31. The van der Waals surface area contributed by atoms with Crippen LogP contribution in [-0.2, 0) is 24.1 Å². The minimum atomic E-state index is -0.460. The van der Waals surface area contributed by atoms with Crippen LogP contribution in [0.4, 0.5) is 4.39 Å². The molecule has 3 heterocycles. The Morgan fingerprint density at radius 1 is 1.25 bits per heavy atom. The van der Waals surface area contributed by atoms with E-state index in [0.29, 0.717) is 18.7 Å². The highest BCUT2D eigenvalue weighted by molar-refractivity contribution is 6.00. The maximum Gasteiger partial charge on any atom is 0.296 e. The number of hydroxylamine groups is 2. The molecule has 32 heavy (non-hydrogen) atoms. The van der Waals surface area contributed by atoms with E-state index < -0.39 is 5.91 Å². The second kappa shape index (κ2) is 10.7. The van der Waals surface area contributed by atoms with Crippen LogP contribution in [-0.4, -0.2) is 45.5 Å². The lowest BCUT2D eigenvalue weighted by Crippen LogP contribution is -2.35. The Labute approximate surface area is 188 Å². The van der Waals surface area contributed by atoms with Crippen molar-refractivity contribution in [2.24, 2.45) is 0 Å². The van der Waals surface area contributed by atoms with E-state index in [1.54, 1.807) is 25.4 Å². The fraction of sp³-hybridized carbons (Fsp3) is 0.440. The molecule has 0 bridgehead atoms. The van der Waals surface area contributed by atoms with Crippen LogP contribution in [0.2, 0.25) is 0 Å². The second-order valence-corrected chi connectivity index (χ2v) is 7.74. The number of carbonyl (C=O) groups excluding carboxylic acids is 1. The van der Waals surface area contributed by atoms with Crippen LogP contribution in [0.15, 0.2) is 36.7 Å². The molecule has 0 saturated carbocycles. The predicted molar refractivity (Wildman–Crippen MR) is 123 cm³/mol. The number of methoxy groups -OCH3 is 1. The molecule has 1 aliphatic rings. The molecule has 1 aliphatic heterocycles. The van der Waals surface area contributed by atoms with E-state index in [0.717, 1.165) is 51.9 Å². The summed E-state index contributed by atoms with van der Waals surface area (Å²) in [5.41, 5.74) is 4.27. The predicted octanol–water partition coefficient (Wildman–Crippen LogP) is 5.00. The van der Waals surface area contributed by atoms with Gasteiger partial charge in [-0.25, -0.2) is 14.4 Å². The number of ether oxygens (including phenoxy) is 1. The van der Waals surface area contributed by atoms with E-state index in [9.17, 15) is 14.4 Å². The zero-order valence-electron chi connectivity index (χ0n) is 19.3. The summed E-state index contributed by atoms with van der Waals surface area (Å²) in [6.07, 6.45) is 7.15. The van der Waals surface area contributed by atoms with Gasteiger partial charge in [-0.2, -0.15) is 0 Å². The minimum Gasteiger partial charge on any atom is -0.381 e. The molecule has 1 aromatic carbocycles. The molecule has 1 unspecified atom stereocenters. The molecular weight excluding hydrogens is 409 g/mol. The quantitative estimate of drug-likeness (QED) is 0.524. The number of pyridine rings is 1. The number of aromatic nitrogens is 2. The maximum absolute atomic E-state index is 13.3. The average molecular weight is 442 g/mol. The van der Waals surface area contributed by atoms with Crippen LogP contribution in [0.5, 0.6) is 0 Å². The summed E-state index contributed by atoms with van der Waals surface area (Å²) in [4.78, 5) is 16.8. The standard InChI is InChI=1S/C23H26FN3O3.C2H6/c1-3-18(30-2)9-6-16-14-26(13-15-4-7-17(24)8-5-15)20-12-25-22-19(21(16)20)10-11-27(29)23(22)28;1-2/h4-5,7-8,12,14,18,29H,3,6,9-11,13H2,1-2H3;1-2H3. The molecule has 1 N–H and O–H groups in total. The van der Waals surface area contributed by atoms with E-state index in [1.807, 2.05) is 13.8 Å². The first kappa shape index (κ1) is 23.9. The monoisotopic (exact) mass is 441 g/mol. The summed E-state index contributed by atoms with van der Waals surface area (Å²) in [6, 6.07) is 6.47. The fourth-order valence-electron chi connectivity index (χ4n) is 4.22. The maximum atomic E-state index is 13.3. The van der Waals surface area contributed by atoms with Crippen molar-refractivity contribution in [3.05, 3.63) is 64.9 Å². The molecule has 6 nitrogen and oxygen atoms in total. The van der Waals surface area contributed by atoms with Crippen LogP contribution in [0.1, 0.15) is 60.8 Å². The number of halogens is 1. The number of hydrogen-bond acceptors (Lipinski definition) is 4. The number of rotatable bonds is 7. The van der Waals surface area contributed by atoms with Crippen molar-refractivity contribution in [1.29, 1.82) is 0 Å². The SMILES string of the molecule is CC.CCC(CCc1cn(Cc2ccc(F)cc2)c2cnc3c(c12)CCN(O)C3=O)OC. The number of nitrogens with zero attached hydrogens (tertiary/aromatic N) is 3. The Balaban J connectivity index is 0.00000141. The molecule has 4 rings (SSSR count). The first-order chi connectivity index (χ1) is 15.5. The van der Waals surface area contributed by atoms with E-state index in [2.05, 4.69) is 22.7 Å². The topological polar surface area (TPSA) is 67.6 Å². The Hall–Kier alpha value is -2.77. The van der Waals surface area contributed by atoms with Crippen molar-refractivity contribution in [3.8, 4) is 0 Å². The molecule has 1 atom stereocenters.